The molecular formula is C36H77O10P3. The van der Waals surface area contributed by atoms with Crippen molar-refractivity contribution in [3.05, 3.63) is 0 Å². The highest BCUT2D eigenvalue weighted by Crippen LogP contribution is 2.70. The van der Waals surface area contributed by atoms with E-state index in [4.69, 9.17) is 17.9 Å². The topological polar surface area (TPSA) is 138 Å². The summed E-state index contributed by atoms with van der Waals surface area (Å²) < 4.78 is 64.8. The molecule has 0 aliphatic heterocycles. The minimum Gasteiger partial charge on any atom is -0.302 e. The van der Waals surface area contributed by atoms with E-state index in [2.05, 4.69) is 25.1 Å². The van der Waals surface area contributed by atoms with E-state index in [1.165, 1.54) is 109 Å². The molecule has 0 saturated carbocycles. The first-order chi connectivity index (χ1) is 23.6. The maximum Gasteiger partial charge on any atom is 0.492 e. The van der Waals surface area contributed by atoms with Crippen LogP contribution in [0.2, 0.25) is 0 Å². The number of hydrogen-bond acceptors (Lipinski definition) is 8. The molecule has 13 heteroatoms. The average molecular weight is 763 g/mol. The van der Waals surface area contributed by atoms with Crippen molar-refractivity contribution in [1.29, 1.82) is 0 Å². The minimum atomic E-state index is -5.31. The molecule has 0 bridgehead atoms. The van der Waals surface area contributed by atoms with E-state index in [-0.39, 0.29) is 19.8 Å². The molecular weight excluding hydrogens is 685 g/mol. The smallest absolute Gasteiger partial charge is 0.302 e. The van der Waals surface area contributed by atoms with Gasteiger partial charge in [-0.25, -0.2) is 13.7 Å². The molecule has 1 atom stereocenters. The summed E-state index contributed by atoms with van der Waals surface area (Å²) in [6.45, 7) is 6.55. The van der Waals surface area contributed by atoms with Gasteiger partial charge in [0.15, 0.2) is 0 Å². The van der Waals surface area contributed by atoms with Crippen molar-refractivity contribution in [2.75, 3.05) is 19.8 Å². The molecule has 0 heterocycles. The molecule has 0 radical (unpaired) electrons. The van der Waals surface area contributed by atoms with Crippen LogP contribution in [0.5, 0.6) is 0 Å². The fraction of sp³-hybridized carbons (Fsp3) is 1.00. The predicted molar refractivity (Wildman–Crippen MR) is 203 cm³/mol. The fourth-order valence-electron chi connectivity index (χ4n) is 5.70. The zero-order valence-electron chi connectivity index (χ0n) is 31.8. The van der Waals surface area contributed by atoms with Crippen LogP contribution < -0.4 is 0 Å². The largest absolute Gasteiger partial charge is 0.492 e. The van der Waals surface area contributed by atoms with E-state index in [9.17, 15) is 23.5 Å². The SMILES string of the molecule is CCCCCCCCCCCCOP(=O)(OCCCCCCCCCCCC)OP(=O)(OCCCCCCCCCCCC)OP(=O)(O)O. The number of hydrogen-bond donors (Lipinski definition) is 2. The molecule has 0 aliphatic rings. The summed E-state index contributed by atoms with van der Waals surface area (Å²) in [6, 6.07) is 0. The molecule has 296 valence electrons. The van der Waals surface area contributed by atoms with Gasteiger partial charge in [-0.2, -0.15) is 8.62 Å². The number of rotatable bonds is 40. The third-order valence-corrected chi connectivity index (χ3v) is 13.4. The Morgan fingerprint density at radius 3 is 0.796 bits per heavy atom. The lowest BCUT2D eigenvalue weighted by Gasteiger charge is -2.23. The van der Waals surface area contributed by atoms with Gasteiger partial charge in [0.25, 0.3) is 0 Å². The average Bonchev–Trinajstić information content (AvgIpc) is 3.04. The van der Waals surface area contributed by atoms with Gasteiger partial charge in [-0.3, -0.25) is 13.6 Å². The molecule has 0 aromatic carbocycles. The molecule has 0 amide bonds. The molecule has 0 aromatic rings. The van der Waals surface area contributed by atoms with Gasteiger partial charge in [0.05, 0.1) is 19.8 Å². The lowest BCUT2D eigenvalue weighted by Crippen LogP contribution is -2.06. The molecule has 0 spiro atoms. The van der Waals surface area contributed by atoms with Crippen LogP contribution in [-0.4, -0.2) is 29.6 Å². The number of phosphoric acid groups is 3. The molecule has 0 rings (SSSR count). The molecule has 0 saturated heterocycles. The Bertz CT molecular complexity index is 825. The third-order valence-electron chi connectivity index (χ3n) is 8.65. The van der Waals surface area contributed by atoms with E-state index in [1.54, 1.807) is 0 Å². The van der Waals surface area contributed by atoms with E-state index >= 15 is 0 Å². The quantitative estimate of drug-likeness (QED) is 0.0458. The van der Waals surface area contributed by atoms with Crippen molar-refractivity contribution < 1.29 is 45.7 Å². The second-order valence-corrected chi connectivity index (χ2v) is 18.4. The second kappa shape index (κ2) is 34.2. The van der Waals surface area contributed by atoms with Crippen molar-refractivity contribution in [3.63, 3.8) is 0 Å². The first-order valence-electron chi connectivity index (χ1n) is 20.2. The van der Waals surface area contributed by atoms with Crippen LogP contribution in [0.4, 0.5) is 0 Å². The van der Waals surface area contributed by atoms with Gasteiger partial charge in [0, 0.05) is 0 Å². The zero-order chi connectivity index (χ0) is 36.4. The maximum atomic E-state index is 13.7. The summed E-state index contributed by atoms with van der Waals surface area (Å²) >= 11 is 0. The molecule has 49 heavy (non-hydrogen) atoms. The monoisotopic (exact) mass is 762 g/mol. The van der Waals surface area contributed by atoms with Crippen molar-refractivity contribution in [2.45, 2.75) is 213 Å². The van der Waals surface area contributed by atoms with Gasteiger partial charge in [-0.1, -0.05) is 194 Å². The Kier molecular flexibility index (Phi) is 34.5. The van der Waals surface area contributed by atoms with Crippen LogP contribution in [-0.2, 0) is 35.9 Å². The van der Waals surface area contributed by atoms with Crippen LogP contribution >= 0.6 is 23.5 Å². The highest BCUT2D eigenvalue weighted by Gasteiger charge is 2.45. The lowest BCUT2D eigenvalue weighted by atomic mass is 10.1. The number of unbranched alkanes of at least 4 members (excludes halogenated alkanes) is 27. The molecule has 2 N–H and O–H groups in total. The molecule has 1 unspecified atom stereocenters. The summed E-state index contributed by atoms with van der Waals surface area (Å²) in [4.78, 5) is 18.9. The lowest BCUT2D eigenvalue weighted by molar-refractivity contribution is 0.120. The van der Waals surface area contributed by atoms with Crippen LogP contribution in [0.25, 0.3) is 0 Å². The maximum absolute atomic E-state index is 13.7. The molecule has 0 fully saturated rings. The van der Waals surface area contributed by atoms with Crippen LogP contribution in [0.1, 0.15) is 213 Å². The Labute approximate surface area is 301 Å². The Morgan fingerprint density at radius 1 is 0.327 bits per heavy atom. The standard InChI is InChI=1S/C36H77O10P3/c1-4-7-10-13-16-19-22-25-28-31-34-42-48(40,43-35-32-29-26-23-20-17-14-11-8-5-2)46-49(41,45-47(37,38)39)44-36-33-30-27-24-21-18-15-12-9-6-3/h4-36H2,1-3H3,(H2,37,38,39). The van der Waals surface area contributed by atoms with Gasteiger partial charge in [-0.15, -0.1) is 0 Å². The normalized spacial score (nSPS) is 13.7. The Morgan fingerprint density at radius 2 is 0.551 bits per heavy atom. The fourth-order valence-corrected chi connectivity index (χ4v) is 9.99. The predicted octanol–water partition coefficient (Wildman–Crippen LogP) is 14.1. The van der Waals surface area contributed by atoms with Gasteiger partial charge >= 0.3 is 23.5 Å². The van der Waals surface area contributed by atoms with Crippen molar-refractivity contribution in [3.8, 4) is 0 Å². The van der Waals surface area contributed by atoms with Gasteiger partial charge in [0.2, 0.25) is 0 Å². The number of phosphoric ester groups is 1. The van der Waals surface area contributed by atoms with Crippen molar-refractivity contribution in [1.82, 2.24) is 0 Å². The Hall–Kier alpha value is 0.410. The summed E-state index contributed by atoms with van der Waals surface area (Å²) in [7, 11) is -14.8. The first kappa shape index (κ1) is 49.4. The minimum absolute atomic E-state index is 0.0279. The molecule has 0 aromatic heterocycles. The summed E-state index contributed by atoms with van der Waals surface area (Å²) in [5.41, 5.74) is 0. The highest BCUT2D eigenvalue weighted by molar-refractivity contribution is 7.67. The third kappa shape index (κ3) is 35.2. The van der Waals surface area contributed by atoms with Crippen LogP contribution in [0.3, 0.4) is 0 Å². The van der Waals surface area contributed by atoms with Gasteiger partial charge < -0.3 is 9.79 Å². The van der Waals surface area contributed by atoms with Crippen LogP contribution in [0, 0.1) is 0 Å². The van der Waals surface area contributed by atoms with Gasteiger partial charge in [-0.05, 0) is 19.3 Å². The highest BCUT2D eigenvalue weighted by atomic mass is 31.3. The summed E-state index contributed by atoms with van der Waals surface area (Å²) in [5.74, 6) is 0. The van der Waals surface area contributed by atoms with Crippen molar-refractivity contribution in [2.24, 2.45) is 0 Å². The first-order valence-corrected chi connectivity index (χ1v) is 24.7. The summed E-state index contributed by atoms with van der Waals surface area (Å²) in [5, 5.41) is 0. The summed E-state index contributed by atoms with van der Waals surface area (Å²) in [6.07, 6.45) is 32.9. The molecule has 10 nitrogen and oxygen atoms in total. The van der Waals surface area contributed by atoms with Gasteiger partial charge in [0.1, 0.15) is 0 Å². The van der Waals surface area contributed by atoms with E-state index < -0.39 is 23.5 Å². The van der Waals surface area contributed by atoms with E-state index in [0.29, 0.717) is 19.3 Å². The van der Waals surface area contributed by atoms with Crippen molar-refractivity contribution >= 4 is 23.5 Å². The van der Waals surface area contributed by atoms with Crippen LogP contribution in [0.15, 0.2) is 0 Å². The van der Waals surface area contributed by atoms with E-state index in [0.717, 1.165) is 64.2 Å². The zero-order valence-corrected chi connectivity index (χ0v) is 34.5. The Balaban J connectivity index is 4.90. The second-order valence-electron chi connectivity index (χ2n) is 13.6. The molecule has 0 aliphatic carbocycles. The van der Waals surface area contributed by atoms with E-state index in [1.807, 2.05) is 0 Å².